The maximum atomic E-state index is 7.38. The molecule has 0 aromatic heterocycles. The van der Waals surface area contributed by atoms with Crippen LogP contribution in [0.2, 0.25) is 0 Å². The van der Waals surface area contributed by atoms with Gasteiger partial charge in [0.1, 0.15) is 0 Å². The maximum absolute atomic E-state index is 7.38. The van der Waals surface area contributed by atoms with Crippen LogP contribution in [0.4, 0.5) is 0 Å². The molecule has 0 rings (SSSR count). The molecule has 7 heteroatoms. The van der Waals surface area contributed by atoms with E-state index in [1.54, 1.807) is 0 Å². The molecule has 4 nitrogen and oxygen atoms in total. The zero-order valence-electron chi connectivity index (χ0n) is 3.00. The first-order chi connectivity index (χ1) is 2.00. The van der Waals surface area contributed by atoms with Gasteiger partial charge in [0.15, 0.2) is 17.4 Å². The Kier molecular flexibility index (Phi) is 14.0. The van der Waals surface area contributed by atoms with Crippen molar-refractivity contribution in [2.45, 2.75) is 0 Å². The zero-order chi connectivity index (χ0) is 4.50. The average Bonchev–Trinajstić information content (AvgIpc) is 0.722. The van der Waals surface area contributed by atoms with Gasteiger partial charge >= 0.3 is 60.2 Å². The van der Waals surface area contributed by atoms with E-state index in [4.69, 9.17) is 14.8 Å². The molecule has 0 fully saturated rings. The van der Waals surface area contributed by atoms with Crippen molar-refractivity contribution in [1.29, 1.82) is 0 Å². The molecule has 0 aromatic rings. The number of rotatable bonds is 0. The topological polar surface area (TPSA) is 80.9 Å². The summed E-state index contributed by atoms with van der Waals surface area (Å²) >= 11 is -5.00. The third-order valence-corrected chi connectivity index (χ3v) is 0. The van der Waals surface area contributed by atoms with Gasteiger partial charge in [0.05, 0.1) is 0 Å². The van der Waals surface area contributed by atoms with Crippen LogP contribution in [-0.2, 0) is 18.1 Å². The summed E-state index contributed by atoms with van der Waals surface area (Å²) in [6.45, 7) is 0. The molecule has 0 saturated carbocycles. The molecule has 0 heterocycles. The first-order valence-electron chi connectivity index (χ1n) is 0.894. The van der Waals surface area contributed by atoms with Gasteiger partial charge in [-0.25, -0.2) is 0 Å². The molecule has 0 aliphatic rings. The number of hydrogen-bond donors (Lipinski definition) is 4. The Bertz CT molecular complexity index is 27.2. The van der Waals surface area contributed by atoms with Crippen molar-refractivity contribution in [1.82, 2.24) is 0 Å². The van der Waals surface area contributed by atoms with Crippen LogP contribution in [0.25, 0.3) is 0 Å². The molecule has 0 amide bonds. The fraction of sp³-hybridized carbons (Fsp3) is 0. The summed E-state index contributed by atoms with van der Waals surface area (Å²) in [7, 11) is 0. The third kappa shape index (κ3) is 71.7. The van der Waals surface area contributed by atoms with Gasteiger partial charge in [-0.1, -0.05) is 0 Å². The van der Waals surface area contributed by atoms with E-state index >= 15 is 0 Å². The first kappa shape index (κ1) is 16.0. The monoisotopic (exact) mass is 356 g/mol. The van der Waals surface area contributed by atoms with Crippen molar-refractivity contribution in [3.8, 4) is 0 Å². The van der Waals surface area contributed by atoms with E-state index in [0.29, 0.717) is 0 Å². The van der Waals surface area contributed by atoms with Crippen molar-refractivity contribution >= 4 is 44.7 Å². The summed E-state index contributed by atoms with van der Waals surface area (Å²) in [5.41, 5.74) is 0. The van der Waals surface area contributed by atoms with Gasteiger partial charge in [0.2, 0.25) is 0 Å². The summed E-state index contributed by atoms with van der Waals surface area (Å²) in [5.74, 6) is 0. The van der Waals surface area contributed by atoms with E-state index in [1.165, 1.54) is 0 Å². The Labute approximate surface area is 76.7 Å². The molecule has 0 unspecified atom stereocenters. The SMILES string of the molecule is [AlH3].[OH][Ti]([OH])([OH])[OH].[PbH2]. The van der Waals surface area contributed by atoms with E-state index in [9.17, 15) is 0 Å². The fourth-order valence-electron chi connectivity index (χ4n) is 0. The quantitative estimate of drug-likeness (QED) is 0.332. The Morgan fingerprint density at radius 3 is 0.857 bits per heavy atom. The molecule has 0 spiro atoms. The van der Waals surface area contributed by atoms with Crippen LogP contribution in [0.15, 0.2) is 0 Å². The van der Waals surface area contributed by atoms with Gasteiger partial charge in [-0.3, -0.25) is 0 Å². The average molecular weight is 355 g/mol. The van der Waals surface area contributed by atoms with E-state index < -0.39 is 18.1 Å². The van der Waals surface area contributed by atoms with Crippen LogP contribution in [-0.4, -0.2) is 59.4 Å². The minimum absolute atomic E-state index is 0. The van der Waals surface area contributed by atoms with Gasteiger partial charge < -0.3 is 0 Å². The Balaban J connectivity index is -0.0000000800. The second-order valence-electron chi connectivity index (χ2n) is 0.600. The van der Waals surface area contributed by atoms with Crippen molar-refractivity contribution in [2.24, 2.45) is 0 Å². The minimum atomic E-state index is -5.00. The van der Waals surface area contributed by atoms with Crippen molar-refractivity contribution in [3.05, 3.63) is 0 Å². The van der Waals surface area contributed by atoms with E-state index in [2.05, 4.69) is 0 Å². The van der Waals surface area contributed by atoms with Crippen molar-refractivity contribution in [2.75, 3.05) is 0 Å². The summed E-state index contributed by atoms with van der Waals surface area (Å²) < 4.78 is 29.5. The molecule has 0 saturated heterocycles. The standard InChI is InChI=1S/Al.4H2O.Pb.Ti.5H/h;4*1H2;;;;;;;/q;;;;;;+4;;;;;/p-4. The molecule has 0 aliphatic heterocycles. The molecule has 0 aromatic carbocycles. The van der Waals surface area contributed by atoms with Crippen LogP contribution >= 0.6 is 0 Å². The fourth-order valence-corrected chi connectivity index (χ4v) is 0. The van der Waals surface area contributed by atoms with Gasteiger partial charge in [-0.15, -0.1) is 0 Å². The summed E-state index contributed by atoms with van der Waals surface area (Å²) in [5, 5.41) is 0. The van der Waals surface area contributed by atoms with Gasteiger partial charge in [-0.05, 0) is 0 Å². The summed E-state index contributed by atoms with van der Waals surface area (Å²) in [6, 6.07) is 0. The molecule has 4 N–H and O–H groups in total. The molecule has 0 atom stereocenters. The Morgan fingerprint density at radius 1 is 0.857 bits per heavy atom. The van der Waals surface area contributed by atoms with Crippen LogP contribution in [0.5, 0.6) is 0 Å². The van der Waals surface area contributed by atoms with Gasteiger partial charge in [0, 0.05) is 0 Å². The summed E-state index contributed by atoms with van der Waals surface area (Å²) in [6.07, 6.45) is 0. The molecule has 2 radical (unpaired) electrons. The van der Waals surface area contributed by atoms with Gasteiger partial charge in [0.25, 0.3) is 0 Å². The molecule has 44 valence electrons. The van der Waals surface area contributed by atoms with Crippen LogP contribution in [0.1, 0.15) is 0 Å². The Hall–Kier alpha value is 2.01. The van der Waals surface area contributed by atoms with Crippen LogP contribution in [0.3, 0.4) is 0 Å². The van der Waals surface area contributed by atoms with Crippen molar-refractivity contribution in [3.63, 3.8) is 0 Å². The first-order valence-corrected chi connectivity index (χ1v) is 3.69. The Morgan fingerprint density at radius 2 is 0.857 bits per heavy atom. The predicted octanol–water partition coefficient (Wildman–Crippen LogP) is -4.33. The third-order valence-electron chi connectivity index (χ3n) is 0. The van der Waals surface area contributed by atoms with E-state index in [-0.39, 0.29) is 44.7 Å². The summed E-state index contributed by atoms with van der Waals surface area (Å²) in [4.78, 5) is 0. The molecule has 0 bridgehead atoms. The van der Waals surface area contributed by atoms with E-state index in [1.807, 2.05) is 0 Å². The van der Waals surface area contributed by atoms with Crippen LogP contribution < -0.4 is 0 Å². The van der Waals surface area contributed by atoms with Crippen LogP contribution in [0, 0.1) is 0 Å². The molecule has 0 aliphatic carbocycles. The van der Waals surface area contributed by atoms with Crippen molar-refractivity contribution < 1.29 is 32.9 Å². The predicted molar refractivity (Wildman–Crippen MR) is 27.4 cm³/mol. The second-order valence-corrected chi connectivity index (χ2v) is 2.47. The normalized spacial score (nSPS) is 8.57. The molecular weight excluding hydrogens is 346 g/mol. The zero-order valence-corrected chi connectivity index (χ0v) is 10.1. The van der Waals surface area contributed by atoms with E-state index in [0.717, 1.165) is 0 Å². The number of hydrogen-bond acceptors (Lipinski definition) is 4. The molecule has 7 heavy (non-hydrogen) atoms. The van der Waals surface area contributed by atoms with Gasteiger partial charge in [-0.2, -0.15) is 0 Å². The molecular formula is H9AlO4PbTi. The second kappa shape index (κ2) is 6.13.